The van der Waals surface area contributed by atoms with Gasteiger partial charge in [0.15, 0.2) is 0 Å². The van der Waals surface area contributed by atoms with Gasteiger partial charge < -0.3 is 4.90 Å². The van der Waals surface area contributed by atoms with Crippen LogP contribution in [0.5, 0.6) is 0 Å². The quantitative estimate of drug-likeness (QED) is 0.617. The van der Waals surface area contributed by atoms with Gasteiger partial charge in [0.2, 0.25) is 0 Å². The molecular weight excluding hydrogens is 336 g/mol. The molecule has 0 N–H and O–H groups in total. The number of anilines is 1. The van der Waals surface area contributed by atoms with Crippen LogP contribution in [0.3, 0.4) is 0 Å². The molecule has 112 valence electrons. The van der Waals surface area contributed by atoms with Crippen LogP contribution in [0, 0.1) is 28.4 Å². The molecule has 0 radical (unpaired) electrons. The third-order valence-electron chi connectivity index (χ3n) is 3.85. The second-order valence-electron chi connectivity index (χ2n) is 5.18. The molecule has 1 saturated heterocycles. The number of aryl methyl sites for hydroxylation is 1. The van der Waals surface area contributed by atoms with Crippen molar-refractivity contribution < 1.29 is 4.92 Å². The monoisotopic (exact) mass is 352 g/mol. The van der Waals surface area contributed by atoms with E-state index in [0.717, 1.165) is 36.3 Å². The number of benzene rings is 1. The van der Waals surface area contributed by atoms with Gasteiger partial charge in [-0.05, 0) is 35.8 Å². The number of nitro groups is 1. The van der Waals surface area contributed by atoms with Gasteiger partial charge in [-0.25, -0.2) is 0 Å². The first kappa shape index (κ1) is 15.7. The molecule has 1 fully saturated rings. The second-order valence-corrected chi connectivity index (χ2v) is 6.03. The van der Waals surface area contributed by atoms with Crippen LogP contribution in [0.1, 0.15) is 12.5 Å². The van der Waals surface area contributed by atoms with E-state index in [2.05, 4.69) is 31.8 Å². The van der Waals surface area contributed by atoms with E-state index in [4.69, 9.17) is 5.26 Å². The molecule has 0 saturated carbocycles. The summed E-state index contributed by atoms with van der Waals surface area (Å²) in [6.45, 7) is 6.90. The van der Waals surface area contributed by atoms with Crippen molar-refractivity contribution >= 4 is 27.3 Å². The first-order valence-electron chi connectivity index (χ1n) is 6.77. The molecule has 1 aromatic rings. The highest BCUT2D eigenvalue weighted by Crippen LogP contribution is 2.33. The first-order chi connectivity index (χ1) is 9.93. The molecule has 6 nitrogen and oxygen atoms in total. The molecule has 1 aliphatic heterocycles. The van der Waals surface area contributed by atoms with E-state index < -0.39 is 0 Å². The molecule has 7 heteroatoms. The summed E-state index contributed by atoms with van der Waals surface area (Å²) in [4.78, 5) is 14.9. The summed E-state index contributed by atoms with van der Waals surface area (Å²) in [6, 6.07) is 5.60. The number of rotatable bonds is 3. The zero-order chi connectivity index (χ0) is 15.6. The lowest BCUT2D eigenvalue weighted by Crippen LogP contribution is -2.49. The standard InChI is InChI=1S/C14H17BrN4O2/c1-10-7-14(12(15)8-13(10)19(20)21)18-5-3-17(4-6-18)11(2)9-16/h7-8,11H,3-6H2,1-2H3. The van der Waals surface area contributed by atoms with E-state index in [1.54, 1.807) is 13.0 Å². The predicted octanol–water partition coefficient (Wildman–Crippen LogP) is 2.70. The second kappa shape index (κ2) is 6.41. The molecule has 0 amide bonds. The summed E-state index contributed by atoms with van der Waals surface area (Å²) < 4.78 is 0.738. The van der Waals surface area contributed by atoms with Crippen LogP contribution in [0.2, 0.25) is 0 Å². The first-order valence-corrected chi connectivity index (χ1v) is 7.56. The Morgan fingerprint density at radius 1 is 1.38 bits per heavy atom. The van der Waals surface area contributed by atoms with Gasteiger partial charge in [0.25, 0.3) is 5.69 Å². The topological polar surface area (TPSA) is 73.4 Å². The van der Waals surface area contributed by atoms with E-state index in [1.165, 1.54) is 0 Å². The summed E-state index contributed by atoms with van der Waals surface area (Å²) in [5, 5.41) is 19.9. The minimum atomic E-state index is -0.365. The van der Waals surface area contributed by atoms with Crippen LogP contribution < -0.4 is 4.90 Å². The van der Waals surface area contributed by atoms with Gasteiger partial charge in [-0.2, -0.15) is 5.26 Å². The fourth-order valence-electron chi connectivity index (χ4n) is 2.53. The van der Waals surface area contributed by atoms with Crippen LogP contribution in [0.15, 0.2) is 16.6 Å². The van der Waals surface area contributed by atoms with Gasteiger partial charge in [-0.3, -0.25) is 15.0 Å². The Hall–Kier alpha value is -1.65. The number of nitriles is 1. The van der Waals surface area contributed by atoms with Crippen LogP contribution >= 0.6 is 15.9 Å². The Morgan fingerprint density at radius 2 is 2.00 bits per heavy atom. The number of nitrogens with zero attached hydrogens (tertiary/aromatic N) is 4. The molecule has 2 rings (SSSR count). The highest BCUT2D eigenvalue weighted by atomic mass is 79.9. The number of hydrogen-bond donors (Lipinski definition) is 0. The highest BCUT2D eigenvalue weighted by Gasteiger charge is 2.23. The highest BCUT2D eigenvalue weighted by molar-refractivity contribution is 9.10. The Balaban J connectivity index is 2.16. The Kier molecular flexibility index (Phi) is 4.80. The fourth-order valence-corrected chi connectivity index (χ4v) is 3.11. The van der Waals surface area contributed by atoms with Gasteiger partial charge in [-0.15, -0.1) is 0 Å². The minimum absolute atomic E-state index is 0.0748. The lowest BCUT2D eigenvalue weighted by atomic mass is 10.1. The smallest absolute Gasteiger partial charge is 0.273 e. The van der Waals surface area contributed by atoms with E-state index in [9.17, 15) is 10.1 Å². The molecule has 1 heterocycles. The lowest BCUT2D eigenvalue weighted by molar-refractivity contribution is -0.385. The van der Waals surface area contributed by atoms with Crippen molar-refractivity contribution in [2.75, 3.05) is 31.1 Å². The average Bonchev–Trinajstić information content (AvgIpc) is 2.48. The maximum Gasteiger partial charge on any atom is 0.273 e. The number of piperazine rings is 1. The summed E-state index contributed by atoms with van der Waals surface area (Å²) in [5.74, 6) is 0. The van der Waals surface area contributed by atoms with Crippen LogP contribution in [-0.2, 0) is 0 Å². The molecule has 0 aromatic heterocycles. The molecule has 1 unspecified atom stereocenters. The van der Waals surface area contributed by atoms with E-state index in [0.29, 0.717) is 5.56 Å². The van der Waals surface area contributed by atoms with Crippen molar-refractivity contribution in [1.29, 1.82) is 5.26 Å². The molecule has 21 heavy (non-hydrogen) atoms. The molecular formula is C14H17BrN4O2. The van der Waals surface area contributed by atoms with E-state index >= 15 is 0 Å². The zero-order valence-corrected chi connectivity index (χ0v) is 13.6. The fraction of sp³-hybridized carbons (Fsp3) is 0.500. The van der Waals surface area contributed by atoms with Crippen LogP contribution in [0.4, 0.5) is 11.4 Å². The Bertz CT molecular complexity index is 591. The van der Waals surface area contributed by atoms with Crippen molar-refractivity contribution in [1.82, 2.24) is 4.90 Å². The molecule has 0 bridgehead atoms. The number of halogens is 1. The third kappa shape index (κ3) is 3.34. The zero-order valence-electron chi connectivity index (χ0n) is 12.0. The van der Waals surface area contributed by atoms with Crippen molar-refractivity contribution in [3.05, 3.63) is 32.3 Å². The SMILES string of the molecule is Cc1cc(N2CCN(C(C)C#N)CC2)c(Br)cc1[N+](=O)[O-]. The van der Waals surface area contributed by atoms with E-state index in [1.807, 2.05) is 13.0 Å². The Morgan fingerprint density at radius 3 is 2.52 bits per heavy atom. The lowest BCUT2D eigenvalue weighted by Gasteiger charge is -2.37. The number of hydrogen-bond acceptors (Lipinski definition) is 5. The van der Waals surface area contributed by atoms with Gasteiger partial charge in [0.05, 0.1) is 22.7 Å². The van der Waals surface area contributed by atoms with Crippen LogP contribution in [-0.4, -0.2) is 42.0 Å². The molecule has 0 spiro atoms. The van der Waals surface area contributed by atoms with Crippen molar-refractivity contribution in [2.45, 2.75) is 19.9 Å². The largest absolute Gasteiger partial charge is 0.368 e. The summed E-state index contributed by atoms with van der Waals surface area (Å²) in [6.07, 6.45) is 0. The third-order valence-corrected chi connectivity index (χ3v) is 4.49. The molecule has 1 atom stereocenters. The Labute approximate surface area is 132 Å². The minimum Gasteiger partial charge on any atom is -0.368 e. The van der Waals surface area contributed by atoms with Gasteiger partial charge >= 0.3 is 0 Å². The summed E-state index contributed by atoms with van der Waals surface area (Å²) in [7, 11) is 0. The normalized spacial score (nSPS) is 17.3. The van der Waals surface area contributed by atoms with Crippen LogP contribution in [0.25, 0.3) is 0 Å². The molecule has 0 aliphatic carbocycles. The summed E-state index contributed by atoms with van der Waals surface area (Å²) in [5.41, 5.74) is 1.76. The van der Waals surface area contributed by atoms with Crippen molar-refractivity contribution in [3.8, 4) is 6.07 Å². The van der Waals surface area contributed by atoms with Gasteiger partial charge in [0, 0.05) is 42.3 Å². The maximum atomic E-state index is 10.9. The average molecular weight is 353 g/mol. The van der Waals surface area contributed by atoms with Gasteiger partial charge in [0.1, 0.15) is 0 Å². The maximum absolute atomic E-state index is 10.9. The molecule has 1 aliphatic rings. The van der Waals surface area contributed by atoms with Gasteiger partial charge in [-0.1, -0.05) is 0 Å². The molecule has 1 aromatic carbocycles. The summed E-state index contributed by atoms with van der Waals surface area (Å²) >= 11 is 3.43. The predicted molar refractivity (Wildman–Crippen MR) is 84.4 cm³/mol. The van der Waals surface area contributed by atoms with Crippen molar-refractivity contribution in [3.63, 3.8) is 0 Å². The van der Waals surface area contributed by atoms with E-state index in [-0.39, 0.29) is 16.7 Å². The van der Waals surface area contributed by atoms with Crippen molar-refractivity contribution in [2.24, 2.45) is 0 Å². The number of nitro benzene ring substituents is 1.